The number of rotatable bonds is 13. The van der Waals surface area contributed by atoms with Crippen molar-refractivity contribution < 1.29 is 10.2 Å². The van der Waals surface area contributed by atoms with E-state index in [0.717, 1.165) is 19.3 Å². The van der Waals surface area contributed by atoms with Crippen molar-refractivity contribution in [3.63, 3.8) is 0 Å². The Morgan fingerprint density at radius 1 is 0.921 bits per heavy atom. The molecule has 38 heavy (non-hydrogen) atoms. The summed E-state index contributed by atoms with van der Waals surface area (Å²) in [6.45, 7) is 8.29. The predicted molar refractivity (Wildman–Crippen MR) is 159 cm³/mol. The lowest BCUT2D eigenvalue weighted by atomic mass is 9.45. The molecule has 4 aliphatic carbocycles. The van der Waals surface area contributed by atoms with E-state index in [1.54, 1.807) is 5.56 Å². The summed E-state index contributed by atoms with van der Waals surface area (Å²) in [5, 5.41) is 22.0. The smallest absolute Gasteiger partial charge is 0.115 e. The van der Waals surface area contributed by atoms with Crippen LogP contribution in [0.4, 0.5) is 0 Å². The van der Waals surface area contributed by atoms with E-state index >= 15 is 0 Å². The van der Waals surface area contributed by atoms with Crippen molar-refractivity contribution >= 4 is 0 Å². The lowest BCUT2D eigenvalue weighted by Crippen LogP contribution is -2.54. The summed E-state index contributed by atoms with van der Waals surface area (Å²) in [7, 11) is 2.24. The van der Waals surface area contributed by atoms with Crippen LogP contribution in [-0.2, 0) is 6.42 Å². The minimum absolute atomic E-state index is 0.101. The lowest BCUT2D eigenvalue weighted by molar-refractivity contribution is -0.121. The molecule has 5 rings (SSSR count). The first-order valence-corrected chi connectivity index (χ1v) is 16.5. The first-order chi connectivity index (χ1) is 18.2. The molecule has 4 atom stereocenters. The average molecular weight is 524 g/mol. The maximum absolute atomic E-state index is 11.8. The van der Waals surface area contributed by atoms with Gasteiger partial charge in [0.25, 0.3) is 0 Å². The van der Waals surface area contributed by atoms with E-state index in [-0.39, 0.29) is 5.41 Å². The fraction of sp³-hybridized carbons (Fsp3) is 0.829. The second-order valence-corrected chi connectivity index (χ2v) is 14.6. The Labute approximate surface area is 233 Å². The van der Waals surface area contributed by atoms with Crippen LogP contribution in [0.15, 0.2) is 18.2 Å². The van der Waals surface area contributed by atoms with Crippen molar-refractivity contribution in [3.8, 4) is 5.75 Å². The highest BCUT2D eigenvalue weighted by Crippen LogP contribution is 2.78. The Kier molecular flexibility index (Phi) is 8.57. The minimum atomic E-state index is -0.421. The molecule has 0 saturated heterocycles. The molecular formula is C35H57NO2. The number of nitrogens with zero attached hydrogens (tertiary/aromatic N) is 1. The van der Waals surface area contributed by atoms with Crippen LogP contribution >= 0.6 is 0 Å². The fourth-order valence-electron chi connectivity index (χ4n) is 10.1. The number of hydrogen-bond donors (Lipinski definition) is 2. The second kappa shape index (κ2) is 11.4. The number of hydrogen-bond acceptors (Lipinski definition) is 3. The molecule has 0 aliphatic heterocycles. The van der Waals surface area contributed by atoms with Crippen molar-refractivity contribution in [2.45, 2.75) is 147 Å². The highest BCUT2D eigenvalue weighted by Gasteiger charge is 2.74. The van der Waals surface area contributed by atoms with E-state index in [1.165, 1.54) is 102 Å². The Bertz CT molecular complexity index is 932. The zero-order valence-electron chi connectivity index (χ0n) is 25.1. The average Bonchev–Trinajstić information content (AvgIpc) is 3.26. The first-order valence-electron chi connectivity index (χ1n) is 16.5. The normalized spacial score (nSPS) is 35.5. The highest BCUT2D eigenvalue weighted by molar-refractivity contribution is 5.42. The number of aromatic hydroxyl groups is 1. The van der Waals surface area contributed by atoms with Gasteiger partial charge in [0.1, 0.15) is 5.75 Å². The van der Waals surface area contributed by atoms with Gasteiger partial charge in [-0.05, 0) is 132 Å². The van der Waals surface area contributed by atoms with Crippen LogP contribution in [0.2, 0.25) is 0 Å². The van der Waals surface area contributed by atoms with Crippen LogP contribution in [0.3, 0.4) is 0 Å². The number of fused-ring (bicyclic) bond motifs is 3. The van der Waals surface area contributed by atoms with E-state index in [9.17, 15) is 10.2 Å². The van der Waals surface area contributed by atoms with Crippen molar-refractivity contribution in [2.24, 2.45) is 22.7 Å². The monoisotopic (exact) mass is 523 g/mol. The molecule has 3 fully saturated rings. The lowest BCUT2D eigenvalue weighted by Gasteiger charge is -2.59. The summed E-state index contributed by atoms with van der Waals surface area (Å²) in [6.07, 6.45) is 21.8. The van der Waals surface area contributed by atoms with E-state index in [2.05, 4.69) is 44.9 Å². The van der Waals surface area contributed by atoms with E-state index in [0.29, 0.717) is 35.0 Å². The standard InChI is InChI=1S/C35H57NO2/c1-26(2)36(4)23-13-11-9-7-5-6-8-10-12-14-28-25-33(3)34(19-21-35(33,38)22-20-34)31-18-15-27-24-29(37)16-17-30(27)32(28)31/h16-17,24,26,28,31-32,37-38H,5-15,18-23,25H2,1-4H3/t28-,31+,32+,33-,34?,35?/m0/s1. The summed E-state index contributed by atoms with van der Waals surface area (Å²) in [5.41, 5.74) is 2.96. The van der Waals surface area contributed by atoms with Crippen molar-refractivity contribution in [1.82, 2.24) is 4.90 Å². The van der Waals surface area contributed by atoms with E-state index in [1.807, 2.05) is 6.07 Å². The SMILES string of the molecule is CC(C)N(C)CCCCCCCCCCC[C@H]1C[C@]2(C)C3(O)CCC2(CC3)[C@@H]2CCc3cc(O)ccc3[C@@H]12. The third-order valence-electron chi connectivity index (χ3n) is 12.6. The Balaban J connectivity index is 1.13. The molecule has 0 amide bonds. The third-order valence-corrected chi connectivity index (χ3v) is 12.6. The van der Waals surface area contributed by atoms with Crippen LogP contribution in [-0.4, -0.2) is 40.3 Å². The Morgan fingerprint density at radius 2 is 1.55 bits per heavy atom. The number of unbranched alkanes of at least 4 members (excludes halogenated alkanes) is 8. The number of aryl methyl sites for hydroxylation is 1. The zero-order chi connectivity index (χ0) is 27.0. The summed E-state index contributed by atoms with van der Waals surface area (Å²) < 4.78 is 0. The zero-order valence-corrected chi connectivity index (χ0v) is 25.1. The van der Waals surface area contributed by atoms with Gasteiger partial charge in [-0.25, -0.2) is 0 Å². The fourth-order valence-corrected chi connectivity index (χ4v) is 10.1. The largest absolute Gasteiger partial charge is 0.508 e. The molecule has 0 spiro atoms. The molecule has 2 N–H and O–H groups in total. The molecule has 0 aromatic heterocycles. The van der Waals surface area contributed by atoms with Crippen LogP contribution in [0.5, 0.6) is 5.75 Å². The van der Waals surface area contributed by atoms with Gasteiger partial charge in [0.05, 0.1) is 5.60 Å². The van der Waals surface area contributed by atoms with E-state index in [4.69, 9.17) is 0 Å². The van der Waals surface area contributed by atoms with Crippen molar-refractivity contribution in [2.75, 3.05) is 13.6 Å². The number of aliphatic hydroxyl groups is 1. The molecule has 3 heteroatoms. The molecule has 0 heterocycles. The van der Waals surface area contributed by atoms with Crippen molar-refractivity contribution in [3.05, 3.63) is 29.3 Å². The molecule has 3 nitrogen and oxygen atoms in total. The molecule has 0 radical (unpaired) electrons. The van der Waals surface area contributed by atoms with Crippen LogP contribution in [0, 0.1) is 22.7 Å². The molecule has 1 aromatic carbocycles. The Hall–Kier alpha value is -1.06. The van der Waals surface area contributed by atoms with Gasteiger partial charge in [0.15, 0.2) is 0 Å². The highest BCUT2D eigenvalue weighted by atomic mass is 16.3. The van der Waals surface area contributed by atoms with Gasteiger partial charge in [0.2, 0.25) is 0 Å². The predicted octanol–water partition coefficient (Wildman–Crippen LogP) is 8.61. The molecule has 0 unspecified atom stereocenters. The molecule has 1 aromatic rings. The molecule has 4 aliphatic rings. The number of phenolic OH excluding ortho intramolecular Hbond substituents is 1. The van der Waals surface area contributed by atoms with E-state index < -0.39 is 5.60 Å². The Morgan fingerprint density at radius 3 is 2.21 bits per heavy atom. The van der Waals surface area contributed by atoms with Crippen LogP contribution in [0.25, 0.3) is 0 Å². The van der Waals surface area contributed by atoms with Gasteiger partial charge >= 0.3 is 0 Å². The summed E-state index contributed by atoms with van der Waals surface area (Å²) in [6, 6.07) is 6.92. The van der Waals surface area contributed by atoms with Gasteiger partial charge in [-0.2, -0.15) is 0 Å². The third kappa shape index (κ3) is 4.98. The summed E-state index contributed by atoms with van der Waals surface area (Å²) >= 11 is 0. The quantitative estimate of drug-likeness (QED) is 0.254. The van der Waals surface area contributed by atoms with Gasteiger partial charge in [-0.3, -0.25) is 0 Å². The maximum atomic E-state index is 11.8. The maximum Gasteiger partial charge on any atom is 0.115 e. The minimum Gasteiger partial charge on any atom is -0.508 e. The second-order valence-electron chi connectivity index (χ2n) is 14.6. The van der Waals surface area contributed by atoms with Gasteiger partial charge in [-0.15, -0.1) is 0 Å². The van der Waals surface area contributed by atoms with Gasteiger partial charge in [-0.1, -0.05) is 64.4 Å². The van der Waals surface area contributed by atoms with Gasteiger partial charge < -0.3 is 15.1 Å². The summed E-state index contributed by atoms with van der Waals surface area (Å²) in [5.74, 6) is 2.44. The first kappa shape index (κ1) is 28.5. The molecule has 3 saturated carbocycles. The molecular weight excluding hydrogens is 466 g/mol. The number of phenols is 1. The summed E-state index contributed by atoms with van der Waals surface area (Å²) in [4.78, 5) is 2.46. The molecule has 214 valence electrons. The van der Waals surface area contributed by atoms with Crippen molar-refractivity contribution in [1.29, 1.82) is 0 Å². The van der Waals surface area contributed by atoms with Gasteiger partial charge in [0, 0.05) is 11.5 Å². The van der Waals surface area contributed by atoms with Crippen LogP contribution < -0.4 is 0 Å². The molecule has 2 bridgehead atoms. The topological polar surface area (TPSA) is 43.7 Å². The van der Waals surface area contributed by atoms with Crippen LogP contribution in [0.1, 0.15) is 141 Å². The number of benzene rings is 1.